The Morgan fingerprint density at radius 1 is 0.875 bits per heavy atom. The van der Waals surface area contributed by atoms with Gasteiger partial charge in [-0.15, -0.1) is 0 Å². The lowest BCUT2D eigenvalue weighted by atomic mass is 9.81. The summed E-state index contributed by atoms with van der Waals surface area (Å²) in [6.45, 7) is 13.6. The predicted octanol–water partition coefficient (Wildman–Crippen LogP) is 6.25. The van der Waals surface area contributed by atoms with E-state index in [4.69, 9.17) is 5.73 Å². The highest BCUT2D eigenvalue weighted by molar-refractivity contribution is 14.1. The lowest BCUT2D eigenvalue weighted by Gasteiger charge is -2.27. The Morgan fingerprint density at radius 2 is 1.33 bits per heavy atom. The summed E-state index contributed by atoms with van der Waals surface area (Å²) in [5.74, 6) is 0. The van der Waals surface area contributed by atoms with Crippen LogP contribution in [-0.4, -0.2) is 0 Å². The first-order valence-corrected chi connectivity index (χ1v) is 9.84. The van der Waals surface area contributed by atoms with E-state index in [0.29, 0.717) is 0 Å². The summed E-state index contributed by atoms with van der Waals surface area (Å²) in [6, 6.07) is 13.7. The number of halogens is 1. The van der Waals surface area contributed by atoms with E-state index in [0.717, 1.165) is 6.42 Å². The Hall–Kier alpha value is -0.870. The summed E-state index contributed by atoms with van der Waals surface area (Å²) in [4.78, 5) is 0. The van der Waals surface area contributed by atoms with Crippen LogP contribution in [0, 0.1) is 0 Å². The summed E-state index contributed by atoms with van der Waals surface area (Å²) in [5, 5.41) is 0. The smallest absolute Gasteiger partial charge is 0.120 e. The zero-order valence-corrected chi connectivity index (χ0v) is 17.8. The topological polar surface area (TPSA) is 26.0 Å². The summed E-state index contributed by atoms with van der Waals surface area (Å²) in [5.41, 5.74) is 15.0. The molecule has 2 N–H and O–H groups in total. The van der Waals surface area contributed by atoms with Crippen LogP contribution in [0.25, 0.3) is 11.1 Å². The van der Waals surface area contributed by atoms with Crippen LogP contribution in [0.15, 0.2) is 36.4 Å². The summed E-state index contributed by atoms with van der Waals surface area (Å²) in [7, 11) is 0. The van der Waals surface area contributed by atoms with E-state index in [-0.39, 0.29) is 10.8 Å². The minimum atomic E-state index is -0.455. The first-order valence-electron chi connectivity index (χ1n) is 8.76. The van der Waals surface area contributed by atoms with Crippen molar-refractivity contribution in [2.75, 3.05) is 0 Å². The van der Waals surface area contributed by atoms with E-state index in [1.54, 1.807) is 0 Å². The van der Waals surface area contributed by atoms with Gasteiger partial charge in [0.2, 0.25) is 0 Å². The molecule has 0 amide bonds. The largest absolute Gasteiger partial charge is 0.309 e. The van der Waals surface area contributed by atoms with Gasteiger partial charge in [0, 0.05) is 0 Å². The normalized spacial score (nSPS) is 20.0. The van der Waals surface area contributed by atoms with Crippen molar-refractivity contribution in [3.05, 3.63) is 58.7 Å². The van der Waals surface area contributed by atoms with Crippen LogP contribution >= 0.6 is 22.6 Å². The Labute approximate surface area is 160 Å². The molecule has 1 nitrogen and oxygen atoms in total. The maximum Gasteiger partial charge on any atom is 0.120 e. The van der Waals surface area contributed by atoms with Crippen LogP contribution < -0.4 is 5.73 Å². The number of fused-ring (bicyclic) bond motifs is 3. The average molecular weight is 433 g/mol. The fraction of sp³-hybridized carbons (Fsp3) is 0.455. The van der Waals surface area contributed by atoms with Gasteiger partial charge in [-0.25, -0.2) is 0 Å². The molecule has 0 heterocycles. The number of nitrogens with two attached hydrogens (primary N) is 1. The van der Waals surface area contributed by atoms with Crippen molar-refractivity contribution in [1.82, 2.24) is 0 Å². The van der Waals surface area contributed by atoms with Gasteiger partial charge >= 0.3 is 0 Å². The highest BCUT2D eigenvalue weighted by Crippen LogP contribution is 2.51. The Kier molecular flexibility index (Phi) is 4.16. The van der Waals surface area contributed by atoms with Gasteiger partial charge in [0.15, 0.2) is 0 Å². The Bertz CT molecular complexity index is 794. The molecule has 0 aliphatic heterocycles. The maximum atomic E-state index is 6.85. The first kappa shape index (κ1) is 17.9. The molecule has 1 aliphatic rings. The van der Waals surface area contributed by atoms with E-state index in [2.05, 4.69) is 101 Å². The average Bonchev–Trinajstić information content (AvgIpc) is 2.74. The molecule has 1 unspecified atom stereocenters. The summed E-state index contributed by atoms with van der Waals surface area (Å²) >= 11 is 2.43. The highest BCUT2D eigenvalue weighted by Gasteiger charge is 2.39. The van der Waals surface area contributed by atoms with E-state index >= 15 is 0 Å². The van der Waals surface area contributed by atoms with Crippen molar-refractivity contribution >= 4 is 22.6 Å². The molecular weight excluding hydrogens is 405 g/mol. The SMILES string of the molecule is CCC(C)(C)c1ccc2c(c1)C(N)(I)c1cc(C(C)(C)C)ccc1-2. The molecule has 1 aliphatic carbocycles. The number of hydrogen-bond acceptors (Lipinski definition) is 1. The molecule has 0 radical (unpaired) electrons. The number of alkyl halides is 1. The van der Waals surface area contributed by atoms with Gasteiger partial charge in [0.25, 0.3) is 0 Å². The van der Waals surface area contributed by atoms with Crippen molar-refractivity contribution in [3.63, 3.8) is 0 Å². The third-order valence-electron chi connectivity index (χ3n) is 5.64. The summed E-state index contributed by atoms with van der Waals surface area (Å²) in [6.07, 6.45) is 1.12. The van der Waals surface area contributed by atoms with Crippen molar-refractivity contribution in [2.45, 2.75) is 62.3 Å². The molecular formula is C22H28IN. The van der Waals surface area contributed by atoms with Crippen LogP contribution in [0.2, 0.25) is 0 Å². The van der Waals surface area contributed by atoms with Gasteiger partial charge in [-0.2, -0.15) is 0 Å². The van der Waals surface area contributed by atoms with Crippen molar-refractivity contribution in [1.29, 1.82) is 0 Å². The third kappa shape index (κ3) is 2.72. The Morgan fingerprint density at radius 3 is 1.79 bits per heavy atom. The molecule has 128 valence electrons. The second kappa shape index (κ2) is 5.57. The molecule has 2 aromatic rings. The van der Waals surface area contributed by atoms with E-state index in [1.807, 2.05) is 0 Å². The van der Waals surface area contributed by atoms with Crippen molar-refractivity contribution in [2.24, 2.45) is 5.73 Å². The fourth-order valence-corrected chi connectivity index (χ4v) is 4.29. The third-order valence-corrected chi connectivity index (χ3v) is 6.81. The van der Waals surface area contributed by atoms with Gasteiger partial charge < -0.3 is 5.73 Å². The molecule has 0 fully saturated rings. The molecule has 2 heteroatoms. The first-order chi connectivity index (χ1) is 11.0. The van der Waals surface area contributed by atoms with E-state index < -0.39 is 3.55 Å². The van der Waals surface area contributed by atoms with E-state index in [9.17, 15) is 0 Å². The monoisotopic (exact) mass is 433 g/mol. The predicted molar refractivity (Wildman–Crippen MR) is 113 cm³/mol. The molecule has 0 spiro atoms. The number of benzene rings is 2. The van der Waals surface area contributed by atoms with Crippen LogP contribution in [0.4, 0.5) is 0 Å². The quantitative estimate of drug-likeness (QED) is 0.338. The number of rotatable bonds is 2. The van der Waals surface area contributed by atoms with E-state index in [1.165, 1.54) is 33.4 Å². The van der Waals surface area contributed by atoms with Crippen molar-refractivity contribution < 1.29 is 0 Å². The fourth-order valence-electron chi connectivity index (χ4n) is 3.40. The second-order valence-corrected chi connectivity index (χ2v) is 10.4. The number of hydrogen-bond donors (Lipinski definition) is 1. The van der Waals surface area contributed by atoms with Gasteiger partial charge in [-0.05, 0) is 50.6 Å². The molecule has 0 bridgehead atoms. The van der Waals surface area contributed by atoms with Gasteiger partial charge in [0.05, 0.1) is 0 Å². The lowest BCUT2D eigenvalue weighted by molar-refractivity contribution is 0.505. The minimum absolute atomic E-state index is 0.131. The standard InChI is InChI=1S/C22H28IN/c1-7-21(5,6)15-9-11-17-16-10-8-14(20(2,3)4)12-18(16)22(23,24)19(17)13-15/h8-13H,7,24H2,1-6H3. The Balaban J connectivity index is 2.19. The highest BCUT2D eigenvalue weighted by atomic mass is 127. The van der Waals surface area contributed by atoms with Crippen molar-refractivity contribution in [3.8, 4) is 11.1 Å². The molecule has 0 aromatic heterocycles. The van der Waals surface area contributed by atoms with Crippen LogP contribution in [0.3, 0.4) is 0 Å². The molecule has 0 saturated heterocycles. The van der Waals surface area contributed by atoms with Crippen LogP contribution in [-0.2, 0) is 14.4 Å². The van der Waals surface area contributed by atoms with Crippen LogP contribution in [0.5, 0.6) is 0 Å². The van der Waals surface area contributed by atoms with Gasteiger partial charge in [0.1, 0.15) is 3.55 Å². The van der Waals surface area contributed by atoms with Gasteiger partial charge in [-0.3, -0.25) is 0 Å². The molecule has 3 rings (SSSR count). The molecule has 0 saturated carbocycles. The zero-order chi connectivity index (χ0) is 17.9. The summed E-state index contributed by atoms with van der Waals surface area (Å²) < 4.78 is -0.455. The zero-order valence-electron chi connectivity index (χ0n) is 15.6. The van der Waals surface area contributed by atoms with Crippen LogP contribution in [0.1, 0.15) is 70.2 Å². The molecule has 2 aromatic carbocycles. The maximum absolute atomic E-state index is 6.85. The molecule has 24 heavy (non-hydrogen) atoms. The molecule has 1 atom stereocenters. The minimum Gasteiger partial charge on any atom is -0.309 e. The van der Waals surface area contributed by atoms with Gasteiger partial charge in [-0.1, -0.05) is 101 Å². The lowest BCUT2D eigenvalue weighted by Crippen LogP contribution is -2.29. The second-order valence-electron chi connectivity index (χ2n) is 8.72.